The first-order valence-electron chi connectivity index (χ1n) is 1.94. The third kappa shape index (κ3) is 0.689. The maximum Gasteiger partial charge on any atom is 0.0443 e. The molecule has 1 aliphatic heterocycles. The molecule has 0 saturated carbocycles. The molecule has 3 heteroatoms. The largest absolute Gasteiger partial charge is 0.283 e. The van der Waals surface area contributed by atoms with E-state index < -0.39 is 0 Å². The molecule has 34 valence electrons. The molecule has 0 radical (unpaired) electrons. The molecule has 0 aromatic rings. The lowest BCUT2D eigenvalue weighted by atomic mass is 10.5. The second-order valence-corrected chi connectivity index (χ2v) is 1.85. The molecule has 0 amide bonds. The van der Waals surface area contributed by atoms with Gasteiger partial charge in [-0.05, 0) is 9.39 Å². The van der Waals surface area contributed by atoms with Crippen molar-refractivity contribution in [2.45, 2.75) is 6.42 Å². The van der Waals surface area contributed by atoms with Crippen LogP contribution in [0.1, 0.15) is 6.42 Å². The Morgan fingerprint density at radius 1 is 1.83 bits per heavy atom. The van der Waals surface area contributed by atoms with Crippen LogP contribution >= 0.6 is 9.39 Å². The summed E-state index contributed by atoms with van der Waals surface area (Å²) in [7, 11) is 2.51. The van der Waals surface area contributed by atoms with E-state index in [0.29, 0.717) is 0 Å². The van der Waals surface area contributed by atoms with Gasteiger partial charge in [-0.2, -0.15) is 5.10 Å². The van der Waals surface area contributed by atoms with Gasteiger partial charge in [-0.15, -0.1) is 0 Å². The van der Waals surface area contributed by atoms with E-state index in [1.54, 1.807) is 0 Å². The van der Waals surface area contributed by atoms with Gasteiger partial charge in [-0.3, -0.25) is 4.78 Å². The van der Waals surface area contributed by atoms with E-state index in [1.165, 1.54) is 0 Å². The number of hydrogen-bond donors (Lipinski definition) is 0. The van der Waals surface area contributed by atoms with E-state index in [1.807, 2.05) is 11.0 Å². The molecular weight excluding hydrogens is 95.0 g/mol. The van der Waals surface area contributed by atoms with Crippen molar-refractivity contribution in [1.29, 1.82) is 0 Å². The van der Waals surface area contributed by atoms with E-state index in [2.05, 4.69) is 14.5 Å². The van der Waals surface area contributed by atoms with Crippen molar-refractivity contribution in [2.24, 2.45) is 5.10 Å². The van der Waals surface area contributed by atoms with E-state index in [9.17, 15) is 0 Å². The number of hydrogen-bond acceptors (Lipinski definition) is 2. The Kier molecular flexibility index (Phi) is 1.06. The highest BCUT2D eigenvalue weighted by Crippen LogP contribution is 2.03. The molecule has 0 aliphatic carbocycles. The molecule has 0 aromatic heterocycles. The lowest BCUT2D eigenvalue weighted by Gasteiger charge is -1.99. The number of rotatable bonds is 0. The number of nitrogens with zero attached hydrogens (tertiary/aromatic N) is 2. The summed E-state index contributed by atoms with van der Waals surface area (Å²) < 4.78 is 1.85. The highest BCUT2D eigenvalue weighted by atomic mass is 31.0. The first kappa shape index (κ1) is 4.07. The Balaban J connectivity index is 2.38. The summed E-state index contributed by atoms with van der Waals surface area (Å²) >= 11 is 0. The van der Waals surface area contributed by atoms with Crippen molar-refractivity contribution >= 4 is 15.6 Å². The summed E-state index contributed by atoms with van der Waals surface area (Å²) in [5.74, 6) is 0. The van der Waals surface area contributed by atoms with Gasteiger partial charge in [-0.1, -0.05) is 0 Å². The lowest BCUT2D eigenvalue weighted by Crippen LogP contribution is -1.94. The van der Waals surface area contributed by atoms with Crippen molar-refractivity contribution in [3.05, 3.63) is 0 Å². The Morgan fingerprint density at radius 2 is 2.67 bits per heavy atom. The molecule has 0 bridgehead atoms. The van der Waals surface area contributed by atoms with Gasteiger partial charge < -0.3 is 0 Å². The fourth-order valence-electron chi connectivity index (χ4n) is 0.410. The molecule has 0 saturated heterocycles. The predicted molar refractivity (Wildman–Crippen MR) is 29.5 cm³/mol. The molecule has 1 atom stereocenters. The smallest absolute Gasteiger partial charge is 0.0443 e. The van der Waals surface area contributed by atoms with Crippen LogP contribution < -0.4 is 0 Å². The van der Waals surface area contributed by atoms with Crippen LogP contribution in [0.15, 0.2) is 5.10 Å². The van der Waals surface area contributed by atoms with Crippen LogP contribution in [0.5, 0.6) is 0 Å². The molecule has 0 aromatic carbocycles. The van der Waals surface area contributed by atoms with Crippen molar-refractivity contribution in [1.82, 2.24) is 4.78 Å². The van der Waals surface area contributed by atoms with Crippen LogP contribution in [0.25, 0.3) is 0 Å². The second-order valence-electron chi connectivity index (χ2n) is 1.25. The Morgan fingerprint density at radius 3 is 2.83 bits per heavy atom. The van der Waals surface area contributed by atoms with Crippen molar-refractivity contribution in [3.8, 4) is 0 Å². The summed E-state index contributed by atoms with van der Waals surface area (Å²) in [6.45, 7) is 1.06. The average Bonchev–Trinajstić information content (AvgIpc) is 1.86. The van der Waals surface area contributed by atoms with Gasteiger partial charge in [0, 0.05) is 19.2 Å². The molecule has 6 heavy (non-hydrogen) atoms. The van der Waals surface area contributed by atoms with Gasteiger partial charge in [0.1, 0.15) is 0 Å². The topological polar surface area (TPSA) is 15.6 Å². The highest BCUT2D eigenvalue weighted by molar-refractivity contribution is 7.13. The van der Waals surface area contributed by atoms with Crippen LogP contribution in [-0.2, 0) is 0 Å². The second kappa shape index (κ2) is 1.57. The average molecular weight is 102 g/mol. The van der Waals surface area contributed by atoms with Crippen LogP contribution in [0, 0.1) is 0 Å². The zero-order valence-electron chi connectivity index (χ0n) is 3.46. The molecular formula is C3H7N2P. The molecule has 1 unspecified atom stereocenters. The molecule has 1 aliphatic rings. The van der Waals surface area contributed by atoms with Crippen LogP contribution in [-0.4, -0.2) is 17.5 Å². The van der Waals surface area contributed by atoms with E-state index in [4.69, 9.17) is 0 Å². The predicted octanol–water partition coefficient (Wildman–Crippen LogP) is 0.468. The van der Waals surface area contributed by atoms with Crippen LogP contribution in [0.3, 0.4) is 0 Å². The van der Waals surface area contributed by atoms with E-state index in [-0.39, 0.29) is 0 Å². The Bertz CT molecular complexity index is 71.2. The Hall–Kier alpha value is -0.100. The maximum atomic E-state index is 3.91. The SMILES string of the molecule is PN1CCC=N1. The quantitative estimate of drug-likeness (QED) is 0.406. The monoisotopic (exact) mass is 102 g/mol. The van der Waals surface area contributed by atoms with Gasteiger partial charge in [0.2, 0.25) is 0 Å². The van der Waals surface area contributed by atoms with Gasteiger partial charge in [-0.25, -0.2) is 0 Å². The lowest BCUT2D eigenvalue weighted by molar-refractivity contribution is 0.554. The molecule has 0 spiro atoms. The first-order chi connectivity index (χ1) is 2.89. The van der Waals surface area contributed by atoms with Gasteiger partial charge in [0.25, 0.3) is 0 Å². The minimum Gasteiger partial charge on any atom is -0.283 e. The molecule has 1 heterocycles. The van der Waals surface area contributed by atoms with Crippen LogP contribution in [0.2, 0.25) is 0 Å². The minimum atomic E-state index is 1.06. The Labute approximate surface area is 39.5 Å². The summed E-state index contributed by atoms with van der Waals surface area (Å²) in [5, 5.41) is 3.91. The standard InChI is InChI=1S/C3H7N2P/c6-5-3-1-2-4-5/h2H,1,3,6H2. The summed E-state index contributed by atoms with van der Waals surface area (Å²) in [4.78, 5) is 0. The van der Waals surface area contributed by atoms with Crippen molar-refractivity contribution < 1.29 is 0 Å². The van der Waals surface area contributed by atoms with Gasteiger partial charge in [0.15, 0.2) is 0 Å². The highest BCUT2D eigenvalue weighted by Gasteiger charge is 1.94. The molecule has 0 N–H and O–H groups in total. The van der Waals surface area contributed by atoms with Crippen molar-refractivity contribution in [3.63, 3.8) is 0 Å². The molecule has 2 nitrogen and oxygen atoms in total. The third-order valence-electron chi connectivity index (χ3n) is 0.717. The normalized spacial score (nSPS) is 19.8. The number of hydrazone groups is 1. The summed E-state index contributed by atoms with van der Waals surface area (Å²) in [5.41, 5.74) is 0. The van der Waals surface area contributed by atoms with Gasteiger partial charge >= 0.3 is 0 Å². The zero-order chi connectivity index (χ0) is 4.41. The van der Waals surface area contributed by atoms with E-state index in [0.717, 1.165) is 13.0 Å². The summed E-state index contributed by atoms with van der Waals surface area (Å²) in [6.07, 6.45) is 3.01. The maximum absolute atomic E-state index is 3.91. The zero-order valence-corrected chi connectivity index (χ0v) is 4.62. The van der Waals surface area contributed by atoms with Gasteiger partial charge in [0.05, 0.1) is 0 Å². The fraction of sp³-hybridized carbons (Fsp3) is 0.667. The first-order valence-corrected chi connectivity index (χ1v) is 2.46. The summed E-state index contributed by atoms with van der Waals surface area (Å²) in [6, 6.07) is 0. The van der Waals surface area contributed by atoms with E-state index >= 15 is 0 Å². The third-order valence-corrected chi connectivity index (χ3v) is 1.11. The molecule has 1 rings (SSSR count). The molecule has 0 fully saturated rings. The fourth-order valence-corrected chi connectivity index (χ4v) is 0.654. The van der Waals surface area contributed by atoms with Crippen molar-refractivity contribution in [2.75, 3.05) is 6.54 Å². The minimum absolute atomic E-state index is 1.06. The van der Waals surface area contributed by atoms with Crippen LogP contribution in [0.4, 0.5) is 0 Å².